The lowest BCUT2D eigenvalue weighted by atomic mass is 10.0. The van der Waals surface area contributed by atoms with Crippen LogP contribution in [0.3, 0.4) is 0 Å². The first-order chi connectivity index (χ1) is 11.6. The molecule has 2 atom stereocenters. The van der Waals surface area contributed by atoms with Crippen LogP contribution < -0.4 is 4.74 Å². The van der Waals surface area contributed by atoms with Gasteiger partial charge in [0.15, 0.2) is 0 Å². The van der Waals surface area contributed by atoms with E-state index in [1.807, 2.05) is 24.3 Å². The highest BCUT2D eigenvalue weighted by Crippen LogP contribution is 2.32. The van der Waals surface area contributed by atoms with Gasteiger partial charge in [0.1, 0.15) is 17.2 Å². The zero-order valence-electron chi connectivity index (χ0n) is 13.7. The quantitative estimate of drug-likeness (QED) is 0.791. The molecule has 24 heavy (non-hydrogen) atoms. The summed E-state index contributed by atoms with van der Waals surface area (Å²) in [4.78, 5) is 18.6. The van der Waals surface area contributed by atoms with E-state index < -0.39 is 5.38 Å². The Morgan fingerprint density at radius 1 is 1.46 bits per heavy atom. The summed E-state index contributed by atoms with van der Waals surface area (Å²) in [7, 11) is 1.61. The van der Waals surface area contributed by atoms with E-state index in [9.17, 15) is 4.79 Å². The van der Waals surface area contributed by atoms with Crippen LogP contribution in [0, 0.1) is 0 Å². The number of halogens is 1. The molecular formula is C17H20ClN3O3. The van der Waals surface area contributed by atoms with Gasteiger partial charge in [-0.3, -0.25) is 4.79 Å². The van der Waals surface area contributed by atoms with Gasteiger partial charge >= 0.3 is 0 Å². The summed E-state index contributed by atoms with van der Waals surface area (Å²) >= 11 is 5.98. The van der Waals surface area contributed by atoms with Crippen molar-refractivity contribution in [3.8, 4) is 17.1 Å². The second kappa shape index (κ2) is 7.21. The third-order valence-electron chi connectivity index (χ3n) is 4.18. The molecule has 1 aromatic carbocycles. The molecule has 2 heterocycles. The van der Waals surface area contributed by atoms with E-state index in [1.54, 1.807) is 18.9 Å². The molecule has 0 saturated carbocycles. The summed E-state index contributed by atoms with van der Waals surface area (Å²) in [5, 5.41) is 3.50. The predicted octanol–water partition coefficient (Wildman–Crippen LogP) is 3.43. The maximum absolute atomic E-state index is 12.3. The largest absolute Gasteiger partial charge is 0.497 e. The molecule has 6 nitrogen and oxygen atoms in total. The van der Waals surface area contributed by atoms with Gasteiger partial charge in [0.05, 0.1) is 7.11 Å². The van der Waals surface area contributed by atoms with E-state index in [1.165, 1.54) is 0 Å². The Morgan fingerprint density at radius 3 is 3.04 bits per heavy atom. The van der Waals surface area contributed by atoms with Crippen molar-refractivity contribution in [2.24, 2.45) is 0 Å². The molecule has 0 aliphatic carbocycles. The standard InChI is InChI=1S/C17H20ClN3O3/c1-11(18)17(22)21-9-4-3-8-14(21)16-19-15(20-24-16)12-6-5-7-13(10-12)23-2/h5-7,10-11,14H,3-4,8-9H2,1-2H3. The molecule has 1 amide bonds. The van der Waals surface area contributed by atoms with E-state index in [0.717, 1.165) is 30.6 Å². The first-order valence-electron chi connectivity index (χ1n) is 8.02. The number of carbonyl (C=O) groups excluding carboxylic acids is 1. The van der Waals surface area contributed by atoms with Crippen LogP contribution in [0.5, 0.6) is 5.75 Å². The van der Waals surface area contributed by atoms with Gasteiger partial charge in [-0.15, -0.1) is 11.6 Å². The van der Waals surface area contributed by atoms with Crippen LogP contribution in [-0.4, -0.2) is 40.0 Å². The highest BCUT2D eigenvalue weighted by atomic mass is 35.5. The van der Waals surface area contributed by atoms with Crippen molar-refractivity contribution in [3.63, 3.8) is 0 Å². The maximum atomic E-state index is 12.3. The average molecular weight is 350 g/mol. The van der Waals surface area contributed by atoms with Crippen LogP contribution >= 0.6 is 11.6 Å². The van der Waals surface area contributed by atoms with Crippen molar-refractivity contribution in [2.75, 3.05) is 13.7 Å². The normalized spacial score (nSPS) is 19.1. The summed E-state index contributed by atoms with van der Waals surface area (Å²) < 4.78 is 10.7. The number of nitrogens with zero attached hydrogens (tertiary/aromatic N) is 3. The summed E-state index contributed by atoms with van der Waals surface area (Å²) in [6.45, 7) is 2.35. The van der Waals surface area contributed by atoms with E-state index in [-0.39, 0.29) is 11.9 Å². The number of piperidine rings is 1. The lowest BCUT2D eigenvalue weighted by Gasteiger charge is -2.34. The van der Waals surface area contributed by atoms with Crippen LogP contribution in [0.15, 0.2) is 28.8 Å². The zero-order valence-corrected chi connectivity index (χ0v) is 14.5. The van der Waals surface area contributed by atoms with Crippen molar-refractivity contribution >= 4 is 17.5 Å². The van der Waals surface area contributed by atoms with Gasteiger partial charge in [0.2, 0.25) is 17.6 Å². The molecule has 2 unspecified atom stereocenters. The lowest BCUT2D eigenvalue weighted by molar-refractivity contribution is -0.135. The number of aromatic nitrogens is 2. The Hall–Kier alpha value is -2.08. The molecule has 1 aliphatic rings. The molecule has 1 aromatic heterocycles. The molecule has 0 bridgehead atoms. The monoisotopic (exact) mass is 349 g/mol. The van der Waals surface area contributed by atoms with Gasteiger partial charge in [-0.1, -0.05) is 17.3 Å². The van der Waals surface area contributed by atoms with Crippen molar-refractivity contribution in [3.05, 3.63) is 30.2 Å². The van der Waals surface area contributed by atoms with Gasteiger partial charge in [-0.05, 0) is 38.3 Å². The molecule has 0 N–H and O–H groups in total. The van der Waals surface area contributed by atoms with E-state index in [0.29, 0.717) is 18.3 Å². The number of ether oxygens (including phenoxy) is 1. The highest BCUT2D eigenvalue weighted by molar-refractivity contribution is 6.30. The van der Waals surface area contributed by atoms with Crippen LogP contribution in [0.25, 0.3) is 11.4 Å². The first-order valence-corrected chi connectivity index (χ1v) is 8.46. The number of carbonyl (C=O) groups is 1. The van der Waals surface area contributed by atoms with E-state index >= 15 is 0 Å². The Morgan fingerprint density at radius 2 is 2.29 bits per heavy atom. The smallest absolute Gasteiger partial charge is 0.249 e. The molecule has 2 aromatic rings. The molecule has 7 heteroatoms. The van der Waals surface area contributed by atoms with Crippen molar-refractivity contribution in [2.45, 2.75) is 37.6 Å². The molecule has 1 saturated heterocycles. The number of hydrogen-bond acceptors (Lipinski definition) is 5. The summed E-state index contributed by atoms with van der Waals surface area (Å²) in [6, 6.07) is 7.25. The minimum absolute atomic E-state index is 0.0949. The van der Waals surface area contributed by atoms with Crippen LogP contribution in [-0.2, 0) is 4.79 Å². The summed E-state index contributed by atoms with van der Waals surface area (Å²) in [6.07, 6.45) is 2.78. The number of methoxy groups -OCH3 is 1. The van der Waals surface area contributed by atoms with Gasteiger partial charge in [-0.2, -0.15) is 4.98 Å². The number of amides is 1. The molecule has 128 valence electrons. The first kappa shape index (κ1) is 16.8. The fourth-order valence-electron chi connectivity index (χ4n) is 2.93. The second-order valence-corrected chi connectivity index (χ2v) is 6.50. The number of rotatable bonds is 4. The fourth-order valence-corrected chi connectivity index (χ4v) is 3.06. The average Bonchev–Trinajstić information content (AvgIpc) is 3.11. The fraction of sp³-hybridized carbons (Fsp3) is 0.471. The van der Waals surface area contributed by atoms with Crippen molar-refractivity contribution in [1.82, 2.24) is 15.0 Å². The van der Waals surface area contributed by atoms with Gasteiger partial charge < -0.3 is 14.2 Å². The van der Waals surface area contributed by atoms with Gasteiger partial charge in [0, 0.05) is 12.1 Å². The molecule has 3 rings (SSSR count). The molecule has 0 radical (unpaired) electrons. The van der Waals surface area contributed by atoms with Crippen molar-refractivity contribution < 1.29 is 14.1 Å². The Balaban J connectivity index is 1.86. The number of alkyl halides is 1. The Bertz CT molecular complexity index is 717. The minimum atomic E-state index is -0.564. The number of benzene rings is 1. The van der Waals surface area contributed by atoms with Gasteiger partial charge in [0.25, 0.3) is 0 Å². The molecule has 1 fully saturated rings. The van der Waals surface area contributed by atoms with E-state index in [2.05, 4.69) is 10.1 Å². The second-order valence-electron chi connectivity index (χ2n) is 5.85. The van der Waals surface area contributed by atoms with Crippen LogP contribution in [0.1, 0.15) is 38.1 Å². The maximum Gasteiger partial charge on any atom is 0.249 e. The van der Waals surface area contributed by atoms with Crippen LogP contribution in [0.2, 0.25) is 0 Å². The third kappa shape index (κ3) is 3.38. The zero-order chi connectivity index (χ0) is 17.1. The van der Waals surface area contributed by atoms with Crippen molar-refractivity contribution in [1.29, 1.82) is 0 Å². The molecule has 0 spiro atoms. The Kier molecular flexibility index (Phi) is 5.04. The predicted molar refractivity (Wildman–Crippen MR) is 89.9 cm³/mol. The topological polar surface area (TPSA) is 68.5 Å². The van der Waals surface area contributed by atoms with E-state index in [4.69, 9.17) is 20.9 Å². The summed E-state index contributed by atoms with van der Waals surface area (Å²) in [5.74, 6) is 1.57. The lowest BCUT2D eigenvalue weighted by Crippen LogP contribution is -2.41. The summed E-state index contributed by atoms with van der Waals surface area (Å²) in [5.41, 5.74) is 0.809. The minimum Gasteiger partial charge on any atom is -0.497 e. The molecule has 1 aliphatic heterocycles. The number of likely N-dealkylation sites (tertiary alicyclic amines) is 1. The SMILES string of the molecule is COc1cccc(-c2noc(C3CCCCN3C(=O)C(C)Cl)n2)c1. The third-order valence-corrected chi connectivity index (χ3v) is 4.37. The van der Waals surface area contributed by atoms with Gasteiger partial charge in [-0.25, -0.2) is 0 Å². The highest BCUT2D eigenvalue weighted by Gasteiger charge is 2.33. The molecular weight excluding hydrogens is 330 g/mol. The van der Waals surface area contributed by atoms with Crippen LogP contribution in [0.4, 0.5) is 0 Å². The number of hydrogen-bond donors (Lipinski definition) is 0. The Labute approximate surface area is 145 Å².